The molecule has 1 aromatic carbocycles. The molecule has 1 aromatic heterocycles. The van der Waals surface area contributed by atoms with Crippen molar-refractivity contribution in [1.29, 1.82) is 0 Å². The van der Waals surface area contributed by atoms with E-state index >= 15 is 0 Å². The normalized spacial score (nSPS) is 20.7. The van der Waals surface area contributed by atoms with Crippen LogP contribution in [0.25, 0.3) is 10.9 Å². The van der Waals surface area contributed by atoms with Crippen LogP contribution in [0.1, 0.15) is 57.6 Å². The van der Waals surface area contributed by atoms with Crippen molar-refractivity contribution < 1.29 is 9.90 Å². The molecule has 2 aromatic rings. The van der Waals surface area contributed by atoms with Crippen LogP contribution in [0.15, 0.2) is 18.3 Å². The first-order chi connectivity index (χ1) is 12.9. The van der Waals surface area contributed by atoms with Crippen LogP contribution in [0.3, 0.4) is 0 Å². The molecule has 4 rings (SSSR count). The predicted molar refractivity (Wildman–Crippen MR) is 106 cm³/mol. The van der Waals surface area contributed by atoms with Crippen LogP contribution in [-0.4, -0.2) is 39.2 Å². The van der Waals surface area contributed by atoms with Gasteiger partial charge in [-0.15, -0.1) is 0 Å². The highest BCUT2D eigenvalue weighted by Crippen LogP contribution is 2.46. The number of hydrogen-bond acceptors (Lipinski definition) is 3. The van der Waals surface area contributed by atoms with E-state index in [1.54, 1.807) is 6.20 Å². The Morgan fingerprint density at radius 2 is 2.00 bits per heavy atom. The van der Waals surface area contributed by atoms with Crippen molar-refractivity contribution in [3.05, 3.63) is 28.9 Å². The second kappa shape index (κ2) is 7.10. The number of hydrogen-bond donors (Lipinski definition) is 2. The summed E-state index contributed by atoms with van der Waals surface area (Å²) in [4.78, 5) is 14.5. The number of aromatic nitrogens is 2. The van der Waals surface area contributed by atoms with Gasteiger partial charge in [-0.2, -0.15) is 5.10 Å². The molecule has 0 spiro atoms. The molecule has 0 radical (unpaired) electrons. The van der Waals surface area contributed by atoms with Crippen molar-refractivity contribution in [3.63, 3.8) is 0 Å². The molecule has 2 N–H and O–H groups in total. The van der Waals surface area contributed by atoms with Crippen molar-refractivity contribution in [2.45, 2.75) is 52.1 Å². The first-order valence-electron chi connectivity index (χ1n) is 9.97. The molecule has 1 saturated heterocycles. The van der Waals surface area contributed by atoms with Gasteiger partial charge in [0.2, 0.25) is 5.91 Å². The number of aliphatic hydroxyl groups is 1. The number of halogens is 1. The first kappa shape index (κ1) is 18.8. The summed E-state index contributed by atoms with van der Waals surface area (Å²) in [6, 6.07) is 3.69. The van der Waals surface area contributed by atoms with E-state index in [4.69, 9.17) is 11.6 Å². The summed E-state index contributed by atoms with van der Waals surface area (Å²) in [6.45, 7) is 5.83. The second-order valence-corrected chi connectivity index (χ2v) is 9.22. The molecule has 1 atom stereocenters. The molecule has 5 nitrogen and oxygen atoms in total. The average Bonchev–Trinajstić information content (AvgIpc) is 3.07. The number of fused-ring (bicyclic) bond motifs is 1. The van der Waals surface area contributed by atoms with Gasteiger partial charge < -0.3 is 10.0 Å². The van der Waals surface area contributed by atoms with Crippen LogP contribution < -0.4 is 0 Å². The van der Waals surface area contributed by atoms with Crippen LogP contribution >= 0.6 is 11.6 Å². The molecule has 1 unspecified atom stereocenters. The SMILES string of the molecule is CC(C)(C1CCN(C(=O)C2CCC2)CC1)C(O)c1cc(Cl)cc2cn[nH]c12. The largest absolute Gasteiger partial charge is 0.388 e. The van der Waals surface area contributed by atoms with E-state index in [2.05, 4.69) is 24.0 Å². The Hall–Kier alpha value is -1.59. The molecular formula is C21H28ClN3O2. The fraction of sp³-hybridized carbons (Fsp3) is 0.619. The fourth-order valence-electron chi connectivity index (χ4n) is 4.64. The van der Waals surface area contributed by atoms with Crippen LogP contribution in [-0.2, 0) is 4.79 Å². The molecule has 1 aliphatic heterocycles. The van der Waals surface area contributed by atoms with Gasteiger partial charge in [-0.25, -0.2) is 0 Å². The number of likely N-dealkylation sites (tertiary alicyclic amines) is 1. The van der Waals surface area contributed by atoms with E-state index in [9.17, 15) is 9.90 Å². The smallest absolute Gasteiger partial charge is 0.225 e. The molecule has 2 fully saturated rings. The molecule has 6 heteroatoms. The lowest BCUT2D eigenvalue weighted by molar-refractivity contribution is -0.140. The number of H-pyrrole nitrogens is 1. The van der Waals surface area contributed by atoms with E-state index in [1.165, 1.54) is 6.42 Å². The molecule has 1 saturated carbocycles. The zero-order valence-electron chi connectivity index (χ0n) is 16.0. The quantitative estimate of drug-likeness (QED) is 0.818. The summed E-state index contributed by atoms with van der Waals surface area (Å²) in [7, 11) is 0. The summed E-state index contributed by atoms with van der Waals surface area (Å²) < 4.78 is 0. The summed E-state index contributed by atoms with van der Waals surface area (Å²) >= 11 is 6.27. The third-order valence-corrected chi connectivity index (χ3v) is 7.07. The summed E-state index contributed by atoms with van der Waals surface area (Å²) in [5.41, 5.74) is 1.32. The van der Waals surface area contributed by atoms with Crippen LogP contribution in [0.4, 0.5) is 0 Å². The van der Waals surface area contributed by atoms with Crippen molar-refractivity contribution in [1.82, 2.24) is 15.1 Å². The highest BCUT2D eigenvalue weighted by molar-refractivity contribution is 6.31. The topological polar surface area (TPSA) is 69.2 Å². The molecule has 2 heterocycles. The standard InChI is InChI=1S/C21H28ClN3O2/c1-21(2,15-6-8-25(9-7-15)20(27)13-4-3-5-13)19(26)17-11-16(22)10-14-12-23-24-18(14)17/h10-13,15,19,26H,3-9H2,1-2H3,(H,23,24). The molecule has 1 aliphatic carbocycles. The summed E-state index contributed by atoms with van der Waals surface area (Å²) in [6.07, 6.45) is 6.22. The van der Waals surface area contributed by atoms with Gasteiger partial charge in [0.05, 0.1) is 17.8 Å². The number of piperidine rings is 1. The number of aliphatic hydroxyl groups excluding tert-OH is 1. The lowest BCUT2D eigenvalue weighted by Gasteiger charge is -2.44. The molecule has 0 bridgehead atoms. The van der Waals surface area contributed by atoms with Crippen molar-refractivity contribution in [2.75, 3.05) is 13.1 Å². The maximum absolute atomic E-state index is 12.5. The highest BCUT2D eigenvalue weighted by atomic mass is 35.5. The third kappa shape index (κ3) is 3.36. The molecule has 2 aliphatic rings. The molecule has 146 valence electrons. The van der Waals surface area contributed by atoms with Gasteiger partial charge >= 0.3 is 0 Å². The van der Waals surface area contributed by atoms with Crippen LogP contribution in [0, 0.1) is 17.3 Å². The maximum atomic E-state index is 12.5. The van der Waals surface area contributed by atoms with E-state index in [1.807, 2.05) is 17.0 Å². The van der Waals surface area contributed by atoms with E-state index in [0.29, 0.717) is 16.8 Å². The number of rotatable bonds is 4. The Kier molecular flexibility index (Phi) is 4.93. The van der Waals surface area contributed by atoms with Crippen molar-refractivity contribution in [2.24, 2.45) is 17.3 Å². The number of nitrogens with one attached hydrogen (secondary N) is 1. The van der Waals surface area contributed by atoms with E-state index < -0.39 is 6.10 Å². The van der Waals surface area contributed by atoms with Gasteiger partial charge in [0, 0.05) is 35.0 Å². The number of amides is 1. The van der Waals surface area contributed by atoms with E-state index in [0.717, 1.165) is 55.2 Å². The Bertz CT molecular complexity index is 835. The average molecular weight is 390 g/mol. The monoisotopic (exact) mass is 389 g/mol. The zero-order chi connectivity index (χ0) is 19.2. The van der Waals surface area contributed by atoms with Crippen molar-refractivity contribution >= 4 is 28.4 Å². The maximum Gasteiger partial charge on any atom is 0.225 e. The minimum Gasteiger partial charge on any atom is -0.388 e. The van der Waals surface area contributed by atoms with Gasteiger partial charge in [-0.1, -0.05) is 31.9 Å². The lowest BCUT2D eigenvalue weighted by Crippen LogP contribution is -2.46. The van der Waals surface area contributed by atoms with Gasteiger partial charge in [-0.3, -0.25) is 9.89 Å². The highest BCUT2D eigenvalue weighted by Gasteiger charge is 2.41. The minimum atomic E-state index is -0.655. The van der Waals surface area contributed by atoms with Gasteiger partial charge in [0.25, 0.3) is 0 Å². The van der Waals surface area contributed by atoms with Crippen LogP contribution in [0.2, 0.25) is 5.02 Å². The van der Waals surface area contributed by atoms with Crippen molar-refractivity contribution in [3.8, 4) is 0 Å². The van der Waals surface area contributed by atoms with Crippen LogP contribution in [0.5, 0.6) is 0 Å². The number of nitrogens with zero attached hydrogens (tertiary/aromatic N) is 2. The van der Waals surface area contributed by atoms with Gasteiger partial charge in [0.15, 0.2) is 0 Å². The fourth-order valence-corrected chi connectivity index (χ4v) is 4.88. The third-order valence-electron chi connectivity index (χ3n) is 6.86. The summed E-state index contributed by atoms with van der Waals surface area (Å²) in [5.74, 6) is 0.947. The number of benzene rings is 1. The number of carbonyl (C=O) groups excluding carboxylic acids is 1. The molecule has 1 amide bonds. The second-order valence-electron chi connectivity index (χ2n) is 8.78. The Labute approximate surface area is 165 Å². The first-order valence-corrected chi connectivity index (χ1v) is 10.3. The number of carbonyl (C=O) groups is 1. The predicted octanol–water partition coefficient (Wildman–Crippen LogP) is 4.31. The minimum absolute atomic E-state index is 0.264. The van der Waals surface area contributed by atoms with Gasteiger partial charge in [0.1, 0.15) is 0 Å². The molecule has 27 heavy (non-hydrogen) atoms. The molecular weight excluding hydrogens is 362 g/mol. The lowest BCUT2D eigenvalue weighted by atomic mass is 9.68. The zero-order valence-corrected chi connectivity index (χ0v) is 16.8. The Morgan fingerprint density at radius 1 is 1.30 bits per heavy atom. The Balaban J connectivity index is 1.49. The van der Waals surface area contributed by atoms with Gasteiger partial charge in [-0.05, 0) is 49.1 Å². The van der Waals surface area contributed by atoms with E-state index in [-0.39, 0.29) is 11.3 Å². The Morgan fingerprint density at radius 3 is 2.63 bits per heavy atom. The summed E-state index contributed by atoms with van der Waals surface area (Å²) in [5, 5.41) is 19.9. The number of aromatic amines is 1.